The third-order valence-electron chi connectivity index (χ3n) is 4.14. The van der Waals surface area contributed by atoms with Crippen molar-refractivity contribution in [3.05, 3.63) is 45.8 Å². The number of hydrogen-bond donors (Lipinski definition) is 2. The fourth-order valence-electron chi connectivity index (χ4n) is 2.89. The van der Waals surface area contributed by atoms with E-state index in [1.165, 1.54) is 9.75 Å². The van der Waals surface area contributed by atoms with Gasteiger partial charge >= 0.3 is 5.97 Å². The Hall–Kier alpha value is -1.92. The van der Waals surface area contributed by atoms with Crippen molar-refractivity contribution < 1.29 is 9.90 Å². The molecule has 2 N–H and O–H groups in total. The zero-order valence-corrected chi connectivity index (χ0v) is 14.0. The van der Waals surface area contributed by atoms with Crippen LogP contribution in [0.25, 0.3) is 0 Å². The van der Waals surface area contributed by atoms with Crippen molar-refractivity contribution >= 4 is 23.1 Å². The molecular weight excluding hydrogens is 310 g/mol. The number of nitrogens with zero attached hydrogens (tertiary/aromatic N) is 2. The predicted molar refractivity (Wildman–Crippen MR) is 92.4 cm³/mol. The van der Waals surface area contributed by atoms with Crippen LogP contribution in [-0.4, -0.2) is 35.2 Å². The van der Waals surface area contributed by atoms with E-state index in [0.29, 0.717) is 11.9 Å². The number of carbonyl (C=O) groups is 1. The van der Waals surface area contributed by atoms with Crippen LogP contribution in [0.2, 0.25) is 0 Å². The summed E-state index contributed by atoms with van der Waals surface area (Å²) in [6.07, 6.45) is 3.74. The van der Waals surface area contributed by atoms with Gasteiger partial charge in [-0.05, 0) is 37.1 Å². The molecule has 0 bridgehead atoms. The number of aromatic nitrogens is 1. The lowest BCUT2D eigenvalue weighted by Crippen LogP contribution is -2.32. The molecule has 2 aromatic rings. The van der Waals surface area contributed by atoms with Crippen LogP contribution in [0.1, 0.15) is 33.5 Å². The average molecular weight is 331 g/mol. The van der Waals surface area contributed by atoms with Crippen molar-refractivity contribution in [1.29, 1.82) is 0 Å². The Morgan fingerprint density at radius 1 is 1.43 bits per heavy atom. The molecule has 0 radical (unpaired) electrons. The van der Waals surface area contributed by atoms with Gasteiger partial charge in [0.05, 0.1) is 0 Å². The van der Waals surface area contributed by atoms with Crippen LogP contribution < -0.4 is 10.2 Å². The van der Waals surface area contributed by atoms with Gasteiger partial charge in [0.1, 0.15) is 11.4 Å². The second kappa shape index (κ2) is 7.10. The van der Waals surface area contributed by atoms with E-state index in [4.69, 9.17) is 0 Å². The van der Waals surface area contributed by atoms with Gasteiger partial charge in [-0.2, -0.15) is 0 Å². The zero-order chi connectivity index (χ0) is 16.2. The SMILES string of the molecule is CCc1ccc(CN[C@H]2CCN(c3ncccc3C(=O)O)C2)s1. The van der Waals surface area contributed by atoms with Crippen LogP contribution in [0.5, 0.6) is 0 Å². The van der Waals surface area contributed by atoms with E-state index in [9.17, 15) is 9.90 Å². The van der Waals surface area contributed by atoms with Crippen LogP contribution in [0.3, 0.4) is 0 Å². The molecule has 3 heterocycles. The molecule has 122 valence electrons. The predicted octanol–water partition coefficient (Wildman–Crippen LogP) is 2.77. The van der Waals surface area contributed by atoms with Gasteiger partial charge in [0.2, 0.25) is 0 Å². The van der Waals surface area contributed by atoms with E-state index in [2.05, 4.69) is 34.3 Å². The lowest BCUT2D eigenvalue weighted by molar-refractivity contribution is 0.0697. The summed E-state index contributed by atoms with van der Waals surface area (Å²) in [4.78, 5) is 20.4. The Morgan fingerprint density at radius 3 is 3.00 bits per heavy atom. The van der Waals surface area contributed by atoms with Gasteiger partial charge in [-0.15, -0.1) is 11.3 Å². The topological polar surface area (TPSA) is 65.5 Å². The molecule has 1 atom stereocenters. The minimum absolute atomic E-state index is 0.277. The number of rotatable bonds is 6. The molecule has 5 nitrogen and oxygen atoms in total. The fraction of sp³-hybridized carbons (Fsp3) is 0.412. The second-order valence-electron chi connectivity index (χ2n) is 5.71. The third kappa shape index (κ3) is 3.71. The molecule has 0 saturated carbocycles. The first-order valence-corrected chi connectivity index (χ1v) is 8.73. The molecule has 1 saturated heterocycles. The van der Waals surface area contributed by atoms with Crippen LogP contribution >= 0.6 is 11.3 Å². The summed E-state index contributed by atoms with van der Waals surface area (Å²) in [6, 6.07) is 8.02. The smallest absolute Gasteiger partial charge is 0.339 e. The first-order chi connectivity index (χ1) is 11.2. The minimum Gasteiger partial charge on any atom is -0.478 e. The molecule has 0 amide bonds. The average Bonchev–Trinajstić information content (AvgIpc) is 3.22. The maximum Gasteiger partial charge on any atom is 0.339 e. The Kier molecular flexibility index (Phi) is 4.93. The molecule has 3 rings (SSSR count). The van der Waals surface area contributed by atoms with E-state index < -0.39 is 5.97 Å². The molecular formula is C17H21N3O2S. The van der Waals surface area contributed by atoms with Crippen molar-refractivity contribution in [2.45, 2.75) is 32.4 Å². The van der Waals surface area contributed by atoms with E-state index in [0.717, 1.165) is 32.5 Å². The van der Waals surface area contributed by atoms with Gasteiger partial charge in [-0.1, -0.05) is 6.92 Å². The Morgan fingerprint density at radius 2 is 2.26 bits per heavy atom. The highest BCUT2D eigenvalue weighted by Gasteiger charge is 2.26. The molecule has 1 aliphatic heterocycles. The first-order valence-electron chi connectivity index (χ1n) is 7.91. The molecule has 23 heavy (non-hydrogen) atoms. The molecule has 6 heteroatoms. The fourth-order valence-corrected chi connectivity index (χ4v) is 3.80. The Bertz CT molecular complexity index is 686. The summed E-state index contributed by atoms with van der Waals surface area (Å²) in [5.74, 6) is -0.344. The van der Waals surface area contributed by atoms with E-state index >= 15 is 0 Å². The number of pyridine rings is 1. The third-order valence-corrected chi connectivity index (χ3v) is 5.37. The highest BCUT2D eigenvalue weighted by Crippen LogP contribution is 2.23. The highest BCUT2D eigenvalue weighted by molar-refractivity contribution is 7.11. The second-order valence-corrected chi connectivity index (χ2v) is 6.97. The van der Waals surface area contributed by atoms with Gasteiger partial charge < -0.3 is 15.3 Å². The lowest BCUT2D eigenvalue weighted by Gasteiger charge is -2.19. The molecule has 0 aliphatic carbocycles. The van der Waals surface area contributed by atoms with Crippen LogP contribution in [0.4, 0.5) is 5.82 Å². The first kappa shape index (κ1) is 16.0. The quantitative estimate of drug-likeness (QED) is 0.852. The van der Waals surface area contributed by atoms with Gasteiger partial charge in [0.15, 0.2) is 0 Å². The van der Waals surface area contributed by atoms with Gasteiger partial charge in [0, 0.05) is 41.6 Å². The van der Waals surface area contributed by atoms with Crippen LogP contribution in [0, 0.1) is 0 Å². The van der Waals surface area contributed by atoms with Crippen molar-refractivity contribution in [2.24, 2.45) is 0 Å². The molecule has 1 aliphatic rings. The van der Waals surface area contributed by atoms with E-state index in [1.807, 2.05) is 11.3 Å². The number of carboxylic acid groups (broad SMARTS) is 1. The van der Waals surface area contributed by atoms with Gasteiger partial charge in [-0.3, -0.25) is 0 Å². The van der Waals surface area contributed by atoms with Gasteiger partial charge in [-0.25, -0.2) is 9.78 Å². The zero-order valence-electron chi connectivity index (χ0n) is 13.2. The molecule has 0 aromatic carbocycles. The summed E-state index contributed by atoms with van der Waals surface area (Å²) in [7, 11) is 0. The van der Waals surface area contributed by atoms with Crippen molar-refractivity contribution in [3.8, 4) is 0 Å². The summed E-state index contributed by atoms with van der Waals surface area (Å²) in [5, 5.41) is 12.9. The largest absolute Gasteiger partial charge is 0.478 e. The number of nitrogens with one attached hydrogen (secondary N) is 1. The van der Waals surface area contributed by atoms with E-state index in [1.54, 1.807) is 18.3 Å². The van der Waals surface area contributed by atoms with Crippen molar-refractivity contribution in [2.75, 3.05) is 18.0 Å². The molecule has 1 fully saturated rings. The van der Waals surface area contributed by atoms with Crippen molar-refractivity contribution in [1.82, 2.24) is 10.3 Å². The maximum atomic E-state index is 11.3. The van der Waals surface area contributed by atoms with Gasteiger partial charge in [0.25, 0.3) is 0 Å². The normalized spacial score (nSPS) is 17.6. The minimum atomic E-state index is -0.921. The number of anilines is 1. The van der Waals surface area contributed by atoms with Crippen LogP contribution in [0.15, 0.2) is 30.5 Å². The Labute approximate surface area is 140 Å². The van der Waals surface area contributed by atoms with Crippen LogP contribution in [-0.2, 0) is 13.0 Å². The maximum absolute atomic E-state index is 11.3. The highest BCUT2D eigenvalue weighted by atomic mass is 32.1. The van der Waals surface area contributed by atoms with Crippen molar-refractivity contribution in [3.63, 3.8) is 0 Å². The van der Waals surface area contributed by atoms with E-state index in [-0.39, 0.29) is 5.56 Å². The summed E-state index contributed by atoms with van der Waals surface area (Å²) < 4.78 is 0. The molecule has 0 spiro atoms. The lowest BCUT2D eigenvalue weighted by atomic mass is 10.2. The Balaban J connectivity index is 1.59. The molecule has 0 unspecified atom stereocenters. The number of thiophene rings is 1. The monoisotopic (exact) mass is 331 g/mol. The summed E-state index contributed by atoms with van der Waals surface area (Å²) in [5.41, 5.74) is 0.277. The summed E-state index contributed by atoms with van der Waals surface area (Å²) in [6.45, 7) is 4.67. The molecule has 2 aromatic heterocycles. The number of aryl methyl sites for hydroxylation is 1. The summed E-state index contributed by atoms with van der Waals surface area (Å²) >= 11 is 1.85. The standard InChI is InChI=1S/C17H21N3O2S/c1-2-13-5-6-14(23-13)10-19-12-7-9-20(11-12)16-15(17(21)22)4-3-8-18-16/h3-6,8,12,19H,2,7,9-11H2,1H3,(H,21,22)/t12-/m0/s1. The number of aromatic carboxylic acids is 1. The number of carboxylic acids is 1. The number of hydrogen-bond acceptors (Lipinski definition) is 5.